The summed E-state index contributed by atoms with van der Waals surface area (Å²) in [7, 11) is 0. The van der Waals surface area contributed by atoms with Gasteiger partial charge in [0.2, 0.25) is 0 Å². The number of hydrogen-bond donors (Lipinski definition) is 0. The Morgan fingerprint density at radius 1 is 1.32 bits per heavy atom. The molecule has 1 aromatic heterocycles. The summed E-state index contributed by atoms with van der Waals surface area (Å²) in [5.74, 6) is 2.32. The Kier molecular flexibility index (Phi) is 4.14. The highest BCUT2D eigenvalue weighted by Crippen LogP contribution is 2.13. The first-order valence-corrected chi connectivity index (χ1v) is 6.12. The predicted molar refractivity (Wildman–Crippen MR) is 68.3 cm³/mol. The molecule has 0 N–H and O–H groups in total. The van der Waals surface area contributed by atoms with Gasteiger partial charge in [0.25, 0.3) is 5.89 Å². The zero-order valence-electron chi connectivity index (χ0n) is 11.0. The van der Waals surface area contributed by atoms with Crippen LogP contribution in [0.25, 0.3) is 0 Å². The van der Waals surface area contributed by atoms with Crippen molar-refractivity contribution in [1.29, 1.82) is 5.26 Å². The van der Waals surface area contributed by atoms with E-state index in [1.165, 1.54) is 0 Å². The lowest BCUT2D eigenvalue weighted by atomic mass is 10.1. The molecule has 5 heteroatoms. The highest BCUT2D eigenvalue weighted by Gasteiger charge is 2.08. The first-order chi connectivity index (χ1) is 9.17. The van der Waals surface area contributed by atoms with Gasteiger partial charge in [0.05, 0.1) is 11.6 Å². The van der Waals surface area contributed by atoms with Crippen LogP contribution in [0.15, 0.2) is 28.8 Å². The third-order valence-corrected chi connectivity index (χ3v) is 2.45. The molecule has 98 valence electrons. The second-order valence-corrected chi connectivity index (χ2v) is 4.63. The molecule has 0 atom stereocenters. The number of nitriles is 1. The predicted octanol–water partition coefficient (Wildman–Crippen LogP) is 2.72. The zero-order valence-corrected chi connectivity index (χ0v) is 11.0. The van der Waals surface area contributed by atoms with Crippen LogP contribution in [0.4, 0.5) is 0 Å². The molecule has 0 bridgehead atoms. The first kappa shape index (κ1) is 13.1. The lowest BCUT2D eigenvalue weighted by Gasteiger charge is -2.02. The Morgan fingerprint density at radius 3 is 2.68 bits per heavy atom. The van der Waals surface area contributed by atoms with Crippen LogP contribution in [0.3, 0.4) is 0 Å². The maximum Gasteiger partial charge on any atom is 0.264 e. The molecule has 1 aromatic carbocycles. The van der Waals surface area contributed by atoms with E-state index in [-0.39, 0.29) is 6.61 Å². The average molecular weight is 257 g/mol. The van der Waals surface area contributed by atoms with Crippen LogP contribution in [0, 0.1) is 17.2 Å². The highest BCUT2D eigenvalue weighted by atomic mass is 16.5. The van der Waals surface area contributed by atoms with Crippen LogP contribution >= 0.6 is 0 Å². The molecule has 0 aliphatic heterocycles. The Bertz CT molecular complexity index is 567. The molecule has 1 heterocycles. The van der Waals surface area contributed by atoms with Gasteiger partial charge in [0.15, 0.2) is 12.4 Å². The fourth-order valence-electron chi connectivity index (χ4n) is 1.57. The first-order valence-electron chi connectivity index (χ1n) is 6.12. The van der Waals surface area contributed by atoms with Gasteiger partial charge in [-0.3, -0.25) is 0 Å². The molecule has 0 amide bonds. The molecule has 0 fully saturated rings. The Balaban J connectivity index is 1.91. The molecule has 0 aliphatic rings. The van der Waals surface area contributed by atoms with E-state index in [2.05, 4.69) is 30.1 Å². The summed E-state index contributed by atoms with van der Waals surface area (Å²) in [5, 5.41) is 12.6. The normalized spacial score (nSPS) is 10.4. The van der Waals surface area contributed by atoms with E-state index in [0.29, 0.717) is 28.9 Å². The zero-order chi connectivity index (χ0) is 13.7. The molecule has 0 saturated heterocycles. The number of rotatable bonds is 5. The number of nitrogens with zero attached hydrogens (tertiary/aromatic N) is 3. The van der Waals surface area contributed by atoms with E-state index in [0.717, 1.165) is 6.42 Å². The molecule has 0 unspecified atom stereocenters. The molecule has 0 radical (unpaired) electrons. The Labute approximate surface area is 111 Å². The summed E-state index contributed by atoms with van der Waals surface area (Å²) in [6, 6.07) is 8.94. The topological polar surface area (TPSA) is 71.9 Å². The van der Waals surface area contributed by atoms with Crippen molar-refractivity contribution in [3.05, 3.63) is 41.5 Å². The maximum atomic E-state index is 8.69. The second kappa shape index (κ2) is 6.01. The molecule has 19 heavy (non-hydrogen) atoms. The molecule has 2 rings (SSSR count). The van der Waals surface area contributed by atoms with Gasteiger partial charge in [-0.15, -0.1) is 0 Å². The van der Waals surface area contributed by atoms with E-state index in [4.69, 9.17) is 14.5 Å². The van der Waals surface area contributed by atoms with Gasteiger partial charge in [0, 0.05) is 6.42 Å². The van der Waals surface area contributed by atoms with Crippen molar-refractivity contribution in [1.82, 2.24) is 10.1 Å². The summed E-state index contributed by atoms with van der Waals surface area (Å²) in [4.78, 5) is 4.24. The number of hydrogen-bond acceptors (Lipinski definition) is 5. The number of benzene rings is 1. The molecule has 0 spiro atoms. The van der Waals surface area contributed by atoms with E-state index in [1.54, 1.807) is 24.3 Å². The van der Waals surface area contributed by atoms with Crippen molar-refractivity contribution in [2.24, 2.45) is 5.92 Å². The standard InChI is InChI=1S/C14H15N3O2/c1-10(2)7-13-16-14(19-17-13)9-18-12-5-3-11(8-15)4-6-12/h3-6,10H,7,9H2,1-2H3. The quantitative estimate of drug-likeness (QED) is 0.823. The number of ether oxygens (including phenoxy) is 1. The summed E-state index contributed by atoms with van der Waals surface area (Å²) >= 11 is 0. The lowest BCUT2D eigenvalue weighted by Crippen LogP contribution is -1.98. The minimum absolute atomic E-state index is 0.233. The third kappa shape index (κ3) is 3.81. The number of aromatic nitrogens is 2. The van der Waals surface area contributed by atoms with E-state index >= 15 is 0 Å². The van der Waals surface area contributed by atoms with Crippen molar-refractivity contribution in [2.75, 3.05) is 0 Å². The van der Waals surface area contributed by atoms with E-state index < -0.39 is 0 Å². The molecular formula is C14H15N3O2. The summed E-state index contributed by atoms with van der Waals surface area (Å²) < 4.78 is 10.6. The minimum atomic E-state index is 0.233. The second-order valence-electron chi connectivity index (χ2n) is 4.63. The third-order valence-electron chi connectivity index (χ3n) is 2.45. The molecular weight excluding hydrogens is 242 g/mol. The van der Waals surface area contributed by atoms with Gasteiger partial charge in [0.1, 0.15) is 5.75 Å². The van der Waals surface area contributed by atoms with E-state index in [1.807, 2.05) is 0 Å². The van der Waals surface area contributed by atoms with Gasteiger partial charge in [-0.25, -0.2) is 0 Å². The largest absolute Gasteiger partial charge is 0.484 e. The van der Waals surface area contributed by atoms with Crippen LogP contribution < -0.4 is 4.74 Å². The minimum Gasteiger partial charge on any atom is -0.484 e. The molecule has 0 saturated carbocycles. The van der Waals surface area contributed by atoms with Crippen LogP contribution in [0.2, 0.25) is 0 Å². The monoisotopic (exact) mass is 257 g/mol. The van der Waals surface area contributed by atoms with Crippen molar-refractivity contribution < 1.29 is 9.26 Å². The van der Waals surface area contributed by atoms with Gasteiger partial charge < -0.3 is 9.26 Å². The van der Waals surface area contributed by atoms with Crippen LogP contribution in [0.1, 0.15) is 31.1 Å². The SMILES string of the molecule is CC(C)Cc1noc(COc2ccc(C#N)cc2)n1. The van der Waals surface area contributed by atoms with Crippen molar-refractivity contribution >= 4 is 0 Å². The maximum absolute atomic E-state index is 8.69. The average Bonchev–Trinajstić information content (AvgIpc) is 2.84. The van der Waals surface area contributed by atoms with Crippen LogP contribution in [0.5, 0.6) is 5.75 Å². The molecule has 5 nitrogen and oxygen atoms in total. The Morgan fingerprint density at radius 2 is 2.05 bits per heavy atom. The van der Waals surface area contributed by atoms with Crippen LogP contribution in [-0.2, 0) is 13.0 Å². The highest BCUT2D eigenvalue weighted by molar-refractivity contribution is 5.34. The van der Waals surface area contributed by atoms with Crippen molar-refractivity contribution in [2.45, 2.75) is 26.9 Å². The molecule has 2 aromatic rings. The van der Waals surface area contributed by atoms with Gasteiger partial charge in [-0.2, -0.15) is 10.2 Å². The van der Waals surface area contributed by atoms with Crippen molar-refractivity contribution in [3.63, 3.8) is 0 Å². The summed E-state index contributed by atoms with van der Waals surface area (Å²) in [5.41, 5.74) is 0.601. The van der Waals surface area contributed by atoms with Crippen LogP contribution in [-0.4, -0.2) is 10.1 Å². The summed E-state index contributed by atoms with van der Waals surface area (Å²) in [6.45, 7) is 4.43. The smallest absolute Gasteiger partial charge is 0.264 e. The fourth-order valence-corrected chi connectivity index (χ4v) is 1.57. The van der Waals surface area contributed by atoms with Gasteiger partial charge >= 0.3 is 0 Å². The summed E-state index contributed by atoms with van der Waals surface area (Å²) in [6.07, 6.45) is 0.792. The van der Waals surface area contributed by atoms with Crippen molar-refractivity contribution in [3.8, 4) is 11.8 Å². The molecule has 0 aliphatic carbocycles. The Hall–Kier alpha value is -2.35. The van der Waals surface area contributed by atoms with Gasteiger partial charge in [-0.05, 0) is 30.2 Å². The fraction of sp³-hybridized carbons (Fsp3) is 0.357. The lowest BCUT2D eigenvalue weighted by molar-refractivity contribution is 0.242. The van der Waals surface area contributed by atoms with Gasteiger partial charge in [-0.1, -0.05) is 19.0 Å². The van der Waals surface area contributed by atoms with E-state index in [9.17, 15) is 0 Å².